The van der Waals surface area contributed by atoms with Crippen molar-refractivity contribution in [3.05, 3.63) is 131 Å². The van der Waals surface area contributed by atoms with Crippen LogP contribution < -0.4 is 15.9 Å². The van der Waals surface area contributed by atoms with Gasteiger partial charge in [-0.2, -0.15) is 0 Å². The van der Waals surface area contributed by atoms with Crippen molar-refractivity contribution >= 4 is 62.3 Å². The predicted molar refractivity (Wildman–Crippen MR) is 154 cm³/mol. The molecule has 4 aromatic carbocycles. The number of nitrogens with zero attached hydrogens (tertiary/aromatic N) is 1. The molecule has 5 aromatic rings. The van der Waals surface area contributed by atoms with E-state index in [9.17, 15) is 0 Å². The molecule has 0 fully saturated rings. The van der Waals surface area contributed by atoms with E-state index in [-0.39, 0.29) is 0 Å². The van der Waals surface area contributed by atoms with Crippen LogP contribution in [0, 0.1) is 13.8 Å². The van der Waals surface area contributed by atoms with Gasteiger partial charge in [-0.05, 0) is 60.9 Å². The fraction of sp³-hybridized carbons (Fsp3) is 0.100. The minimum absolute atomic E-state index is 0.446. The molecule has 5 rings (SSSR count). The second-order valence-corrected chi connectivity index (χ2v) is 11.2. The van der Waals surface area contributed by atoms with Crippen LogP contribution in [0.15, 0.2) is 109 Å². The molecule has 0 unspecified atom stereocenters. The van der Waals surface area contributed by atoms with Crippen molar-refractivity contribution in [1.82, 2.24) is 4.98 Å². The highest BCUT2D eigenvalue weighted by atomic mass is 79.9. The molecule has 0 atom stereocenters. The number of aryl methyl sites for hydroxylation is 2. The van der Waals surface area contributed by atoms with E-state index in [1.54, 1.807) is 0 Å². The van der Waals surface area contributed by atoms with Crippen LogP contribution in [0.2, 0.25) is 5.15 Å². The van der Waals surface area contributed by atoms with Gasteiger partial charge in [-0.25, -0.2) is 4.98 Å². The van der Waals surface area contributed by atoms with Crippen LogP contribution in [0.5, 0.6) is 0 Å². The van der Waals surface area contributed by atoms with E-state index in [0.29, 0.717) is 5.15 Å². The molecule has 0 aliphatic carbocycles. The summed E-state index contributed by atoms with van der Waals surface area (Å²) >= 11 is 9.48. The molecule has 0 spiro atoms. The van der Waals surface area contributed by atoms with Gasteiger partial charge in [0.25, 0.3) is 0 Å². The number of hydrogen-bond acceptors (Lipinski definition) is 1. The van der Waals surface area contributed by atoms with Crippen molar-refractivity contribution in [1.29, 1.82) is 0 Å². The summed E-state index contributed by atoms with van der Waals surface area (Å²) in [5, 5.41) is 6.70. The smallest absolute Gasteiger partial charge is 0.133 e. The summed E-state index contributed by atoms with van der Waals surface area (Å²) < 4.78 is 0. The summed E-state index contributed by atoms with van der Waals surface area (Å²) in [5.74, 6) is 0. The first-order chi connectivity index (χ1) is 16.6. The first kappa shape index (κ1) is 24.6. The molecule has 0 aliphatic rings. The average molecular weight is 547 g/mol. The highest BCUT2D eigenvalue weighted by Gasteiger charge is 2.15. The molecule has 0 saturated carbocycles. The molecule has 4 heteroatoms. The minimum atomic E-state index is -0.446. The Hall–Kier alpha value is -2.51. The fourth-order valence-electron chi connectivity index (χ4n) is 3.92. The number of rotatable bonds is 4. The summed E-state index contributed by atoms with van der Waals surface area (Å²) in [4.78, 5) is 4.40. The molecule has 34 heavy (non-hydrogen) atoms. The number of fused-ring (bicyclic) bond motifs is 1. The summed E-state index contributed by atoms with van der Waals surface area (Å²) in [6.07, 6.45) is 0. The lowest BCUT2D eigenvalue weighted by Crippen LogP contribution is -2.20. The van der Waals surface area contributed by atoms with Crippen LogP contribution in [0.3, 0.4) is 0 Å². The van der Waals surface area contributed by atoms with Crippen molar-refractivity contribution < 1.29 is 0 Å². The van der Waals surface area contributed by atoms with Gasteiger partial charge in [-0.1, -0.05) is 125 Å². The number of halogens is 2. The van der Waals surface area contributed by atoms with E-state index < -0.39 is 7.92 Å². The van der Waals surface area contributed by atoms with Crippen molar-refractivity contribution in [3.63, 3.8) is 0 Å². The van der Waals surface area contributed by atoms with Gasteiger partial charge in [-0.3, -0.25) is 0 Å². The van der Waals surface area contributed by atoms with Gasteiger partial charge in [-0.15, -0.1) is 0 Å². The zero-order valence-corrected chi connectivity index (χ0v) is 22.5. The first-order valence-electron chi connectivity index (χ1n) is 11.1. The van der Waals surface area contributed by atoms with Crippen LogP contribution in [-0.4, -0.2) is 4.98 Å². The second kappa shape index (κ2) is 11.8. The third kappa shape index (κ3) is 5.94. The van der Waals surface area contributed by atoms with Crippen LogP contribution in [0.4, 0.5) is 0 Å². The molecule has 0 aliphatic heterocycles. The molecule has 0 amide bonds. The van der Waals surface area contributed by atoms with Crippen LogP contribution in [0.1, 0.15) is 16.7 Å². The van der Waals surface area contributed by atoms with E-state index in [1.807, 2.05) is 0 Å². The van der Waals surface area contributed by atoms with E-state index in [0.717, 1.165) is 16.4 Å². The van der Waals surface area contributed by atoms with E-state index in [2.05, 4.69) is 144 Å². The Bertz CT molecular complexity index is 1260. The van der Waals surface area contributed by atoms with Gasteiger partial charge in [0.05, 0.1) is 5.52 Å². The minimum Gasteiger partial charge on any atom is -0.236 e. The summed E-state index contributed by atoms with van der Waals surface area (Å²) in [7, 11) is -0.446. The summed E-state index contributed by atoms with van der Waals surface area (Å²) in [5.41, 5.74) is 4.48. The highest BCUT2D eigenvalue weighted by molar-refractivity contribution is 9.08. The Morgan fingerprint density at radius 1 is 0.706 bits per heavy atom. The molecule has 1 aromatic heterocycles. The lowest BCUT2D eigenvalue weighted by molar-refractivity contribution is 1.29. The van der Waals surface area contributed by atoms with E-state index >= 15 is 0 Å². The second-order valence-electron chi connectivity index (χ2n) is 8.06. The lowest BCUT2D eigenvalue weighted by Gasteiger charge is -2.18. The summed E-state index contributed by atoms with van der Waals surface area (Å²) in [6, 6.07) is 38.7. The van der Waals surface area contributed by atoms with E-state index in [4.69, 9.17) is 11.6 Å². The normalized spacial score (nSPS) is 10.7. The average Bonchev–Trinajstić information content (AvgIpc) is 2.86. The molecule has 0 N–H and O–H groups in total. The van der Waals surface area contributed by atoms with Crippen molar-refractivity contribution in [3.8, 4) is 0 Å². The quantitative estimate of drug-likeness (QED) is 0.127. The lowest BCUT2D eigenvalue weighted by atomic mass is 10.1. The molecule has 0 saturated heterocycles. The molecule has 1 heterocycles. The summed E-state index contributed by atoms with van der Waals surface area (Å²) in [6.45, 7) is 4.17. The molecule has 0 bridgehead atoms. The van der Waals surface area contributed by atoms with E-state index in [1.165, 1.54) is 32.4 Å². The maximum Gasteiger partial charge on any atom is 0.133 e. The van der Waals surface area contributed by atoms with Crippen LogP contribution in [-0.2, 0) is 5.33 Å². The molecule has 170 valence electrons. The number of hydrogen-bond donors (Lipinski definition) is 0. The molecular formula is C30H26BrClNP. The molecular weight excluding hydrogens is 521 g/mol. The molecule has 1 nitrogen and oxygen atoms in total. The Morgan fingerprint density at radius 2 is 1.18 bits per heavy atom. The highest BCUT2D eigenvalue weighted by Crippen LogP contribution is 2.32. The van der Waals surface area contributed by atoms with Gasteiger partial charge in [0.1, 0.15) is 5.15 Å². The zero-order chi connectivity index (χ0) is 23.9. The number of aromatic nitrogens is 1. The third-order valence-corrected chi connectivity index (χ3v) is 8.87. The van der Waals surface area contributed by atoms with Crippen molar-refractivity contribution in [2.24, 2.45) is 0 Å². The first-order valence-corrected chi connectivity index (χ1v) is 14.0. The van der Waals surface area contributed by atoms with Gasteiger partial charge in [0.15, 0.2) is 0 Å². The Kier molecular flexibility index (Phi) is 8.51. The Balaban J connectivity index is 0.000000166. The van der Waals surface area contributed by atoms with Crippen LogP contribution in [0.25, 0.3) is 10.9 Å². The van der Waals surface area contributed by atoms with Crippen molar-refractivity contribution in [2.45, 2.75) is 19.2 Å². The number of pyridine rings is 1. The Labute approximate surface area is 216 Å². The maximum atomic E-state index is 6.07. The third-order valence-electron chi connectivity index (χ3n) is 5.50. The SMILES string of the molecule is Cc1cc(C)c2cc(CBr)c(Cl)nc2c1.c1ccc(P(c2ccccc2)c2ccccc2)cc1. The van der Waals surface area contributed by atoms with Gasteiger partial charge < -0.3 is 0 Å². The zero-order valence-electron chi connectivity index (χ0n) is 19.2. The number of benzene rings is 4. The van der Waals surface area contributed by atoms with Gasteiger partial charge in [0.2, 0.25) is 0 Å². The van der Waals surface area contributed by atoms with Gasteiger partial charge in [0, 0.05) is 16.3 Å². The predicted octanol–water partition coefficient (Wildman–Crippen LogP) is 7.84. The number of alkyl halides is 1. The topological polar surface area (TPSA) is 12.9 Å². The maximum absolute atomic E-state index is 6.07. The largest absolute Gasteiger partial charge is 0.236 e. The van der Waals surface area contributed by atoms with Crippen LogP contribution >= 0.6 is 35.5 Å². The molecule has 0 radical (unpaired) electrons. The standard InChI is InChI=1S/C18H15P.C12H11BrClN/c1-4-10-16(11-5-1)19(17-12-6-2-7-13-17)18-14-8-3-9-15-18;1-7-3-8(2)10-5-9(6-13)12(14)15-11(10)4-7/h1-15H;3-5H,6H2,1-2H3. The van der Waals surface area contributed by atoms with Crippen molar-refractivity contribution in [2.75, 3.05) is 0 Å². The Morgan fingerprint density at radius 3 is 1.62 bits per heavy atom. The fourth-order valence-corrected chi connectivity index (χ4v) is 7.03. The monoisotopic (exact) mass is 545 g/mol. The van der Waals surface area contributed by atoms with Gasteiger partial charge >= 0.3 is 0 Å².